The molecule has 1 unspecified atom stereocenters. The van der Waals surface area contributed by atoms with Gasteiger partial charge in [-0.05, 0) is 25.2 Å². The van der Waals surface area contributed by atoms with E-state index in [0.29, 0.717) is 6.54 Å². The minimum Gasteiger partial charge on any atom is -0.390 e. The van der Waals surface area contributed by atoms with Gasteiger partial charge in [0.25, 0.3) is 0 Å². The van der Waals surface area contributed by atoms with Gasteiger partial charge in [-0.1, -0.05) is 20.8 Å². The molecule has 0 aliphatic carbocycles. The molecule has 1 N–H and O–H groups in total. The Balaban J connectivity index is 0. The predicted octanol–water partition coefficient (Wildman–Crippen LogP) is 1.90. The molecule has 0 heterocycles. The third kappa shape index (κ3) is 5.19. The molecule has 0 amide bonds. The van der Waals surface area contributed by atoms with E-state index in [4.69, 9.17) is 0 Å². The van der Waals surface area contributed by atoms with Gasteiger partial charge in [-0.2, -0.15) is 0 Å². The molecule has 0 aliphatic rings. The van der Waals surface area contributed by atoms with E-state index < -0.39 is 5.60 Å². The van der Waals surface area contributed by atoms with Gasteiger partial charge in [-0.3, -0.25) is 0 Å². The molecule has 3 nitrogen and oxygen atoms in total. The molecule has 4 heteroatoms. The number of aliphatic hydroxyl groups is 1. The fraction of sp³-hybridized carbons (Fsp3) is 0.900. The van der Waals surface area contributed by atoms with Crippen molar-refractivity contribution in [2.24, 2.45) is 10.9 Å². The summed E-state index contributed by atoms with van der Waals surface area (Å²) < 4.78 is 0. The van der Waals surface area contributed by atoms with Crippen molar-refractivity contribution >= 4 is 6.08 Å². The molecule has 0 fully saturated rings. The summed E-state index contributed by atoms with van der Waals surface area (Å²) in [5, 5.41) is 10.1. The SMILES string of the molecule is CCC(O)(CC)C(C)CCN=C=O.[Zr]. The molecule has 1 atom stereocenters. The van der Waals surface area contributed by atoms with Gasteiger partial charge in [-0.25, -0.2) is 9.79 Å². The average Bonchev–Trinajstić information content (AvgIpc) is 2.17. The molecule has 0 radical (unpaired) electrons. The van der Waals surface area contributed by atoms with Crippen LogP contribution in [-0.2, 0) is 31.0 Å². The van der Waals surface area contributed by atoms with Crippen LogP contribution in [0, 0.1) is 5.92 Å². The maximum atomic E-state index is 10.1. The Morgan fingerprint density at radius 1 is 1.43 bits per heavy atom. The van der Waals surface area contributed by atoms with Crippen LogP contribution in [0.3, 0.4) is 0 Å². The Labute approximate surface area is 105 Å². The van der Waals surface area contributed by atoms with Crippen LogP contribution in [0.5, 0.6) is 0 Å². The average molecular weight is 276 g/mol. The Morgan fingerprint density at radius 2 is 1.93 bits per heavy atom. The second-order valence-electron chi connectivity index (χ2n) is 3.47. The largest absolute Gasteiger partial charge is 0.390 e. The minimum atomic E-state index is -0.599. The zero-order chi connectivity index (χ0) is 10.3. The maximum Gasteiger partial charge on any atom is 0.234 e. The van der Waals surface area contributed by atoms with Crippen molar-refractivity contribution in [3.05, 3.63) is 0 Å². The Bertz CT molecular complexity index is 187. The van der Waals surface area contributed by atoms with Crippen LogP contribution in [-0.4, -0.2) is 23.3 Å². The van der Waals surface area contributed by atoms with Gasteiger partial charge in [0.05, 0.1) is 12.1 Å². The fourth-order valence-electron chi connectivity index (χ4n) is 1.52. The zero-order valence-corrected chi connectivity index (χ0v) is 11.7. The van der Waals surface area contributed by atoms with Gasteiger partial charge in [0.2, 0.25) is 6.08 Å². The van der Waals surface area contributed by atoms with Crippen LogP contribution in [0.15, 0.2) is 4.99 Å². The van der Waals surface area contributed by atoms with Crippen LogP contribution in [0.25, 0.3) is 0 Å². The van der Waals surface area contributed by atoms with Gasteiger partial charge in [-0.15, -0.1) is 0 Å². The fourth-order valence-corrected chi connectivity index (χ4v) is 1.52. The third-order valence-corrected chi connectivity index (χ3v) is 2.88. The van der Waals surface area contributed by atoms with E-state index in [1.807, 2.05) is 20.8 Å². The first-order valence-electron chi connectivity index (χ1n) is 4.86. The van der Waals surface area contributed by atoms with E-state index >= 15 is 0 Å². The summed E-state index contributed by atoms with van der Waals surface area (Å²) >= 11 is 0. The van der Waals surface area contributed by atoms with Gasteiger partial charge >= 0.3 is 0 Å². The molecule has 0 aromatic carbocycles. The summed E-state index contributed by atoms with van der Waals surface area (Å²) in [6.45, 7) is 6.41. The summed E-state index contributed by atoms with van der Waals surface area (Å²) in [5.41, 5.74) is -0.599. The van der Waals surface area contributed by atoms with Crippen LogP contribution >= 0.6 is 0 Å². The third-order valence-electron chi connectivity index (χ3n) is 2.88. The van der Waals surface area contributed by atoms with Gasteiger partial charge < -0.3 is 5.11 Å². The standard InChI is InChI=1S/C10H19NO2.Zr/c1-4-10(13,5-2)9(3)6-7-11-8-12;/h9,13H,4-7H2,1-3H3;. The van der Waals surface area contributed by atoms with Crippen LogP contribution in [0.4, 0.5) is 0 Å². The number of hydrogen-bond acceptors (Lipinski definition) is 3. The van der Waals surface area contributed by atoms with Crippen LogP contribution in [0.1, 0.15) is 40.0 Å². The van der Waals surface area contributed by atoms with Crippen molar-refractivity contribution < 1.29 is 36.1 Å². The normalized spacial score (nSPS) is 12.6. The van der Waals surface area contributed by atoms with Crippen molar-refractivity contribution in [2.45, 2.75) is 45.6 Å². The smallest absolute Gasteiger partial charge is 0.234 e. The molecule has 0 rings (SSSR count). The molecule has 0 aromatic heterocycles. The molecule has 0 spiro atoms. The molecule has 0 aromatic rings. The Kier molecular flexibility index (Phi) is 10.1. The second kappa shape index (κ2) is 8.52. The van der Waals surface area contributed by atoms with Gasteiger partial charge in [0, 0.05) is 26.2 Å². The monoisotopic (exact) mass is 275 g/mol. The molecule has 14 heavy (non-hydrogen) atoms. The van der Waals surface area contributed by atoms with E-state index in [2.05, 4.69) is 4.99 Å². The maximum absolute atomic E-state index is 10.1. The number of nitrogens with zero attached hydrogens (tertiary/aromatic N) is 1. The summed E-state index contributed by atoms with van der Waals surface area (Å²) in [7, 11) is 0. The van der Waals surface area contributed by atoms with Gasteiger partial charge in [0.1, 0.15) is 0 Å². The molecular weight excluding hydrogens is 257 g/mol. The molecule has 0 bridgehead atoms. The number of aliphatic imine (C=N–C) groups is 1. The summed E-state index contributed by atoms with van der Waals surface area (Å²) in [6, 6.07) is 0. The minimum absolute atomic E-state index is 0. The number of isocyanates is 1. The van der Waals surface area contributed by atoms with E-state index in [-0.39, 0.29) is 32.1 Å². The number of carbonyl (C=O) groups excluding carboxylic acids is 1. The van der Waals surface area contributed by atoms with Crippen LogP contribution < -0.4 is 0 Å². The van der Waals surface area contributed by atoms with Crippen molar-refractivity contribution in [2.75, 3.05) is 6.54 Å². The van der Waals surface area contributed by atoms with E-state index in [1.54, 1.807) is 0 Å². The first kappa shape index (κ1) is 16.6. The molecule has 0 saturated carbocycles. The zero-order valence-electron chi connectivity index (χ0n) is 9.21. The van der Waals surface area contributed by atoms with E-state index in [0.717, 1.165) is 19.3 Å². The predicted molar refractivity (Wildman–Crippen MR) is 52.3 cm³/mol. The number of rotatable bonds is 6. The van der Waals surface area contributed by atoms with Crippen molar-refractivity contribution in [3.8, 4) is 0 Å². The van der Waals surface area contributed by atoms with Gasteiger partial charge in [0.15, 0.2) is 0 Å². The quantitative estimate of drug-likeness (QED) is 0.595. The van der Waals surface area contributed by atoms with Crippen molar-refractivity contribution in [1.29, 1.82) is 0 Å². The molecule has 0 aliphatic heterocycles. The molecule has 80 valence electrons. The van der Waals surface area contributed by atoms with E-state index in [1.165, 1.54) is 6.08 Å². The first-order chi connectivity index (χ1) is 6.10. The molecule has 0 saturated heterocycles. The van der Waals surface area contributed by atoms with Crippen LogP contribution in [0.2, 0.25) is 0 Å². The Hall–Kier alpha value is 0.223. The summed E-state index contributed by atoms with van der Waals surface area (Å²) in [5.74, 6) is 0.180. The second-order valence-corrected chi connectivity index (χ2v) is 3.47. The Morgan fingerprint density at radius 3 is 2.29 bits per heavy atom. The van der Waals surface area contributed by atoms with Crippen molar-refractivity contribution in [3.63, 3.8) is 0 Å². The summed E-state index contributed by atoms with van der Waals surface area (Å²) in [4.78, 5) is 13.3. The van der Waals surface area contributed by atoms with Crippen molar-refractivity contribution in [1.82, 2.24) is 0 Å². The number of hydrogen-bond donors (Lipinski definition) is 1. The molecular formula is C10H19NO2Zr. The van der Waals surface area contributed by atoms with E-state index in [9.17, 15) is 9.90 Å². The summed E-state index contributed by atoms with van der Waals surface area (Å²) in [6.07, 6.45) is 3.74. The first-order valence-corrected chi connectivity index (χ1v) is 4.86. The topological polar surface area (TPSA) is 49.7 Å².